The number of rotatable bonds is 10. The van der Waals surface area contributed by atoms with E-state index in [-0.39, 0.29) is 24.0 Å². The van der Waals surface area contributed by atoms with Gasteiger partial charge in [0, 0.05) is 36.7 Å². The summed E-state index contributed by atoms with van der Waals surface area (Å²) in [5.41, 5.74) is 3.80. The number of hydroxylamine groups is 1. The van der Waals surface area contributed by atoms with Crippen LogP contribution in [0.4, 0.5) is 10.6 Å². The summed E-state index contributed by atoms with van der Waals surface area (Å²) < 4.78 is 15.7. The average molecular weight is 713 g/mol. The predicted molar refractivity (Wildman–Crippen MR) is 192 cm³/mol. The van der Waals surface area contributed by atoms with Crippen molar-refractivity contribution in [3.05, 3.63) is 94.8 Å². The largest absolute Gasteiger partial charge is 0.484 e. The first kappa shape index (κ1) is 34.5. The van der Waals surface area contributed by atoms with Crippen LogP contribution in [0.15, 0.2) is 72.9 Å². The second-order valence-electron chi connectivity index (χ2n) is 13.7. The van der Waals surface area contributed by atoms with Crippen LogP contribution in [-0.4, -0.2) is 74.6 Å². The number of urea groups is 1. The molecule has 0 saturated carbocycles. The molecule has 7 rings (SSSR count). The second kappa shape index (κ2) is 14.7. The van der Waals surface area contributed by atoms with E-state index in [0.29, 0.717) is 67.2 Å². The smallest absolute Gasteiger partial charge is 0.357 e. The van der Waals surface area contributed by atoms with Crippen LogP contribution in [0.25, 0.3) is 17.0 Å². The maximum Gasteiger partial charge on any atom is 0.357 e. The van der Waals surface area contributed by atoms with E-state index in [9.17, 15) is 9.59 Å². The molecule has 0 radical (unpaired) electrons. The SMILES string of the molecule is CC(C)(C)c1cc(N(OC=O)C(=O)N[C@H]2CC[C@@H](Oc3ccc4nnc(-c5ccccc5Cl)n4c3)c3ccccc32)n(CCN2CCOCC2)n1. The Kier molecular flexibility index (Phi) is 9.94. The minimum absolute atomic E-state index is 0.262. The molecule has 266 valence electrons. The summed E-state index contributed by atoms with van der Waals surface area (Å²) in [5.74, 6) is 1.64. The number of ether oxygens (including phenoxy) is 2. The number of carbonyl (C=O) groups is 2. The van der Waals surface area contributed by atoms with Crippen molar-refractivity contribution in [2.24, 2.45) is 0 Å². The summed E-state index contributed by atoms with van der Waals surface area (Å²) in [6.45, 7) is 10.6. The fraction of sp³-hybridized carbons (Fsp3) is 0.378. The highest BCUT2D eigenvalue weighted by Crippen LogP contribution is 2.39. The summed E-state index contributed by atoms with van der Waals surface area (Å²) >= 11 is 6.48. The maximum atomic E-state index is 14.0. The first-order valence-corrected chi connectivity index (χ1v) is 17.5. The van der Waals surface area contributed by atoms with Crippen molar-refractivity contribution in [3.63, 3.8) is 0 Å². The molecule has 1 fully saturated rings. The minimum atomic E-state index is -0.570. The molecule has 3 aromatic heterocycles. The molecule has 5 aromatic rings. The number of morpholine rings is 1. The van der Waals surface area contributed by atoms with Gasteiger partial charge in [0.25, 0.3) is 0 Å². The molecule has 1 aliphatic heterocycles. The van der Waals surface area contributed by atoms with E-state index in [4.69, 9.17) is 31.0 Å². The number of nitrogens with one attached hydrogen (secondary N) is 1. The van der Waals surface area contributed by atoms with E-state index in [0.717, 1.165) is 40.5 Å². The first-order valence-electron chi connectivity index (χ1n) is 17.1. The summed E-state index contributed by atoms with van der Waals surface area (Å²) in [5, 5.41) is 18.2. The lowest BCUT2D eigenvalue weighted by Gasteiger charge is -2.33. The number of aromatic nitrogens is 5. The number of nitrogens with zero attached hydrogens (tertiary/aromatic N) is 7. The van der Waals surface area contributed by atoms with Gasteiger partial charge in [0.1, 0.15) is 11.9 Å². The van der Waals surface area contributed by atoms with Crippen LogP contribution in [0.5, 0.6) is 5.75 Å². The van der Waals surface area contributed by atoms with Gasteiger partial charge in [0.2, 0.25) is 0 Å². The van der Waals surface area contributed by atoms with Crippen molar-refractivity contribution in [2.75, 3.05) is 37.9 Å². The predicted octanol–water partition coefficient (Wildman–Crippen LogP) is 6.14. The molecule has 1 N–H and O–H groups in total. The third-order valence-corrected chi connectivity index (χ3v) is 9.63. The van der Waals surface area contributed by atoms with Crippen LogP contribution in [0, 0.1) is 0 Å². The van der Waals surface area contributed by atoms with Crippen molar-refractivity contribution < 1.29 is 23.9 Å². The molecule has 2 aliphatic rings. The number of hydrogen-bond acceptors (Lipinski definition) is 9. The molecule has 13 nitrogen and oxygen atoms in total. The van der Waals surface area contributed by atoms with Crippen LogP contribution in [0.1, 0.15) is 62.6 Å². The molecule has 0 unspecified atom stereocenters. The molecule has 4 heterocycles. The minimum Gasteiger partial charge on any atom is -0.484 e. The molecule has 1 aliphatic carbocycles. The van der Waals surface area contributed by atoms with Gasteiger partial charge in [-0.1, -0.05) is 68.8 Å². The van der Waals surface area contributed by atoms with Crippen molar-refractivity contribution >= 4 is 35.6 Å². The van der Waals surface area contributed by atoms with E-state index < -0.39 is 6.03 Å². The summed E-state index contributed by atoms with van der Waals surface area (Å²) in [7, 11) is 0. The zero-order chi connectivity index (χ0) is 35.5. The third-order valence-electron chi connectivity index (χ3n) is 9.30. The van der Waals surface area contributed by atoms with Gasteiger partial charge in [-0.2, -0.15) is 5.10 Å². The Bertz CT molecular complexity index is 2020. The van der Waals surface area contributed by atoms with Gasteiger partial charge >= 0.3 is 12.5 Å². The van der Waals surface area contributed by atoms with Gasteiger partial charge < -0.3 is 19.6 Å². The van der Waals surface area contributed by atoms with Crippen molar-refractivity contribution in [3.8, 4) is 17.1 Å². The lowest BCUT2D eigenvalue weighted by Crippen LogP contribution is -2.44. The highest BCUT2D eigenvalue weighted by molar-refractivity contribution is 6.33. The molecule has 0 spiro atoms. The number of pyridine rings is 1. The molecular weight excluding hydrogens is 672 g/mol. The number of halogens is 1. The monoisotopic (exact) mass is 712 g/mol. The van der Waals surface area contributed by atoms with Crippen LogP contribution < -0.4 is 15.1 Å². The van der Waals surface area contributed by atoms with Crippen molar-refractivity contribution in [1.29, 1.82) is 0 Å². The first-order chi connectivity index (χ1) is 24.7. The molecular formula is C37H41ClN8O5. The van der Waals surface area contributed by atoms with Gasteiger partial charge in [0.05, 0.1) is 42.7 Å². The van der Waals surface area contributed by atoms with Crippen molar-refractivity contribution in [1.82, 2.24) is 34.6 Å². The number of fused-ring (bicyclic) bond motifs is 2. The fourth-order valence-corrected chi connectivity index (χ4v) is 6.79. The van der Waals surface area contributed by atoms with Gasteiger partial charge in [-0.15, -0.1) is 15.3 Å². The number of carbonyl (C=O) groups excluding carboxylic acids is 2. The van der Waals surface area contributed by atoms with Gasteiger partial charge in [-0.3, -0.25) is 14.1 Å². The normalized spacial score (nSPS) is 17.9. The topological polar surface area (TPSA) is 128 Å². The quantitative estimate of drug-likeness (QED) is 0.134. The van der Waals surface area contributed by atoms with E-state index in [1.165, 1.54) is 0 Å². The van der Waals surface area contributed by atoms with E-state index in [1.54, 1.807) is 4.68 Å². The summed E-state index contributed by atoms with van der Waals surface area (Å²) in [4.78, 5) is 33.4. The summed E-state index contributed by atoms with van der Waals surface area (Å²) in [6, 6.07) is 20.0. The van der Waals surface area contributed by atoms with Crippen LogP contribution in [0.2, 0.25) is 5.02 Å². The van der Waals surface area contributed by atoms with E-state index >= 15 is 0 Å². The van der Waals surface area contributed by atoms with E-state index in [2.05, 4.69) is 41.2 Å². The molecule has 1 saturated heterocycles. The summed E-state index contributed by atoms with van der Waals surface area (Å²) in [6.07, 6.45) is 2.81. The van der Waals surface area contributed by atoms with Gasteiger partial charge in [-0.05, 0) is 48.2 Å². The van der Waals surface area contributed by atoms with Gasteiger partial charge in [0.15, 0.2) is 17.3 Å². The third kappa shape index (κ3) is 7.41. The molecule has 51 heavy (non-hydrogen) atoms. The lowest BCUT2D eigenvalue weighted by molar-refractivity contribution is -0.129. The standard InChI is InChI=1S/C37H41ClN8O5/c1-37(2,3)32-22-34(45(42-32)17-16-43-18-20-49-21-19-43)46(50-24-47)36(48)39-30-13-14-31(27-9-5-4-8-26(27)30)51-25-12-15-33-40-41-35(44(33)23-25)28-10-6-7-11-29(28)38/h4-12,15,22-24,30-31H,13-14,16-21H2,1-3H3,(H,39,48)/t30-,31+/m0/s1. The molecule has 0 bridgehead atoms. The zero-order valence-corrected chi connectivity index (χ0v) is 29.6. The van der Waals surface area contributed by atoms with Crippen LogP contribution >= 0.6 is 11.6 Å². The highest BCUT2D eigenvalue weighted by atomic mass is 35.5. The lowest BCUT2D eigenvalue weighted by atomic mass is 9.85. The Hall–Kier alpha value is -4.98. The van der Waals surface area contributed by atoms with Crippen LogP contribution in [-0.2, 0) is 26.3 Å². The molecule has 2 amide bonds. The highest BCUT2D eigenvalue weighted by Gasteiger charge is 2.33. The van der Waals surface area contributed by atoms with Gasteiger partial charge in [-0.25, -0.2) is 9.48 Å². The number of anilines is 1. The maximum absolute atomic E-state index is 14.0. The van der Waals surface area contributed by atoms with Crippen molar-refractivity contribution in [2.45, 2.75) is 57.7 Å². The Morgan fingerprint density at radius 2 is 1.78 bits per heavy atom. The number of benzene rings is 2. The number of amides is 2. The van der Waals surface area contributed by atoms with Crippen LogP contribution in [0.3, 0.4) is 0 Å². The average Bonchev–Trinajstić information content (AvgIpc) is 3.76. The molecule has 2 atom stereocenters. The number of hydrogen-bond donors (Lipinski definition) is 1. The van der Waals surface area contributed by atoms with E-state index in [1.807, 2.05) is 77.3 Å². The zero-order valence-electron chi connectivity index (χ0n) is 28.9. The Morgan fingerprint density at radius 1 is 1.02 bits per heavy atom. The Morgan fingerprint density at radius 3 is 2.55 bits per heavy atom. The molecule has 2 aromatic carbocycles. The Labute approximate surface area is 301 Å². The second-order valence-corrected chi connectivity index (χ2v) is 14.1. The fourth-order valence-electron chi connectivity index (χ4n) is 6.57. The Balaban J connectivity index is 1.11. The molecule has 14 heteroatoms.